The molecule has 1 aromatic heterocycles. The Morgan fingerprint density at radius 3 is 2.58 bits per heavy atom. The summed E-state index contributed by atoms with van der Waals surface area (Å²) in [6.45, 7) is 8.94. The molecule has 1 aliphatic heterocycles. The van der Waals surface area contributed by atoms with Gasteiger partial charge in [-0.3, -0.25) is 0 Å². The van der Waals surface area contributed by atoms with Crippen molar-refractivity contribution in [2.45, 2.75) is 33.2 Å². The molecule has 0 atom stereocenters. The van der Waals surface area contributed by atoms with E-state index in [1.165, 1.54) is 0 Å². The summed E-state index contributed by atoms with van der Waals surface area (Å²) in [6.07, 6.45) is 0. The second kappa shape index (κ2) is 8.36. The van der Waals surface area contributed by atoms with Gasteiger partial charge in [0, 0.05) is 11.1 Å². The molecule has 4 rings (SSSR count). The van der Waals surface area contributed by atoms with Gasteiger partial charge in [0.1, 0.15) is 21.9 Å². The molecular weight excluding hydrogens is 432 g/mol. The number of ether oxygens (including phenoxy) is 2. The predicted molar refractivity (Wildman–Crippen MR) is 125 cm³/mol. The second-order valence-electron chi connectivity index (χ2n) is 7.57. The first-order valence-electron chi connectivity index (χ1n) is 10.1. The average molecular weight is 457 g/mol. The number of rotatable bonds is 6. The fourth-order valence-corrected chi connectivity index (χ4v) is 6.59. The van der Waals surface area contributed by atoms with E-state index in [-0.39, 0.29) is 5.56 Å². The quantitative estimate of drug-likeness (QED) is 0.454. The van der Waals surface area contributed by atoms with Gasteiger partial charge in [0.25, 0.3) is 0 Å². The van der Waals surface area contributed by atoms with Crippen molar-refractivity contribution < 1.29 is 19.4 Å². The van der Waals surface area contributed by atoms with Crippen LogP contribution in [0.15, 0.2) is 41.4 Å². The van der Waals surface area contributed by atoms with Crippen molar-refractivity contribution >= 4 is 38.0 Å². The van der Waals surface area contributed by atoms with Crippen LogP contribution in [0.3, 0.4) is 0 Å². The number of anilines is 1. The van der Waals surface area contributed by atoms with Gasteiger partial charge in [-0.15, -0.1) is 0 Å². The average Bonchev–Trinajstić information content (AvgIpc) is 3.15. The number of para-hydroxylation sites is 2. The number of nitrogens with zero attached hydrogens (tertiary/aromatic N) is 1. The van der Waals surface area contributed by atoms with Crippen LogP contribution in [0.5, 0.6) is 11.5 Å². The maximum Gasteiger partial charge on any atom is 0.337 e. The summed E-state index contributed by atoms with van der Waals surface area (Å²) in [5.74, 6) is 0.256. The van der Waals surface area contributed by atoms with Crippen molar-refractivity contribution in [1.82, 2.24) is 0 Å². The molecule has 1 aliphatic rings. The molecule has 162 valence electrons. The zero-order valence-corrected chi connectivity index (χ0v) is 19.4. The Hall–Kier alpha value is -2.84. The van der Waals surface area contributed by atoms with E-state index in [1.807, 2.05) is 44.2 Å². The summed E-state index contributed by atoms with van der Waals surface area (Å²) in [5.41, 5.74) is 2.84. The maximum atomic E-state index is 12.1. The molecule has 0 radical (unpaired) electrons. The molecule has 0 unspecified atom stereocenters. The number of fused-ring (bicyclic) bond motifs is 3. The molecule has 0 bridgehead atoms. The summed E-state index contributed by atoms with van der Waals surface area (Å²) < 4.78 is 12.3. The van der Waals surface area contributed by atoms with Crippen LogP contribution in [0, 0.1) is 0 Å². The molecule has 6 nitrogen and oxygen atoms in total. The summed E-state index contributed by atoms with van der Waals surface area (Å²) in [7, 11) is 3.23. The number of hydrogen-bond donors (Lipinski definition) is 2. The van der Waals surface area contributed by atoms with Crippen LogP contribution in [0.25, 0.3) is 11.1 Å². The molecule has 0 spiro atoms. The fraction of sp³-hybridized carbons (Fsp3) is 0.304. The Kier molecular flexibility index (Phi) is 5.77. The van der Waals surface area contributed by atoms with E-state index in [0.29, 0.717) is 24.7 Å². The van der Waals surface area contributed by atoms with E-state index in [4.69, 9.17) is 14.5 Å². The molecule has 2 N–H and O–H groups in total. The van der Waals surface area contributed by atoms with Crippen LogP contribution in [0.4, 0.5) is 11.4 Å². The highest BCUT2D eigenvalue weighted by Crippen LogP contribution is 2.48. The lowest BCUT2D eigenvalue weighted by molar-refractivity contribution is 0.0697. The van der Waals surface area contributed by atoms with Gasteiger partial charge in [-0.1, -0.05) is 32.8 Å². The predicted octanol–water partition coefficient (Wildman–Crippen LogP) is 5.87. The first-order chi connectivity index (χ1) is 14.9. The Balaban J connectivity index is 2.01. The number of carboxylic acids is 1. The van der Waals surface area contributed by atoms with Crippen LogP contribution < -0.4 is 19.5 Å². The minimum absolute atomic E-state index is 0.191. The number of aromatic carboxylic acids is 1. The van der Waals surface area contributed by atoms with Gasteiger partial charge in [-0.05, 0) is 52.0 Å². The lowest BCUT2D eigenvalue weighted by Gasteiger charge is -2.34. The van der Waals surface area contributed by atoms with E-state index in [2.05, 4.69) is 19.2 Å². The van der Waals surface area contributed by atoms with Crippen LogP contribution >= 0.6 is 20.7 Å². The first-order valence-corrected chi connectivity index (χ1v) is 12.2. The Labute approximate surface area is 188 Å². The molecule has 0 fully saturated rings. The van der Waals surface area contributed by atoms with Gasteiger partial charge in [0.15, 0.2) is 0 Å². The molecule has 2 heterocycles. The monoisotopic (exact) mass is 456 g/mol. The van der Waals surface area contributed by atoms with Crippen molar-refractivity contribution in [2.75, 3.05) is 18.5 Å². The van der Waals surface area contributed by atoms with Crippen molar-refractivity contribution in [3.05, 3.63) is 51.5 Å². The lowest BCUT2D eigenvalue weighted by atomic mass is 9.88. The van der Waals surface area contributed by atoms with Crippen molar-refractivity contribution in [3.8, 4) is 22.6 Å². The van der Waals surface area contributed by atoms with E-state index in [1.54, 1.807) is 26.7 Å². The zero-order valence-electron chi connectivity index (χ0n) is 17.8. The Morgan fingerprint density at radius 1 is 1.13 bits per heavy atom. The third-order valence-electron chi connectivity index (χ3n) is 4.96. The molecule has 3 aromatic rings. The van der Waals surface area contributed by atoms with Gasteiger partial charge < -0.3 is 19.9 Å². The molecule has 0 saturated heterocycles. The third kappa shape index (κ3) is 3.93. The van der Waals surface area contributed by atoms with Crippen LogP contribution in [0.1, 0.15) is 42.9 Å². The molecule has 2 aromatic carbocycles. The fourth-order valence-electron chi connectivity index (χ4n) is 3.66. The molecule has 0 aliphatic carbocycles. The largest absolute Gasteiger partial charge is 0.494 e. The maximum absolute atomic E-state index is 12.1. The van der Waals surface area contributed by atoms with Crippen LogP contribution in [0.2, 0.25) is 0 Å². The minimum atomic E-state index is -0.997. The van der Waals surface area contributed by atoms with Crippen molar-refractivity contribution in [3.63, 3.8) is 0 Å². The number of carbonyl (C=O) groups is 1. The van der Waals surface area contributed by atoms with Gasteiger partial charge in [-0.2, -0.15) is 0 Å². The minimum Gasteiger partial charge on any atom is -0.494 e. The van der Waals surface area contributed by atoms with Crippen molar-refractivity contribution in [2.24, 2.45) is 4.99 Å². The summed E-state index contributed by atoms with van der Waals surface area (Å²) >= 11 is 0. The van der Waals surface area contributed by atoms with E-state index < -0.39 is 11.5 Å². The van der Waals surface area contributed by atoms with Crippen LogP contribution in [-0.2, 0) is 5.54 Å². The second-order valence-corrected chi connectivity index (χ2v) is 9.70. The highest BCUT2D eigenvalue weighted by Gasteiger charge is 2.36. The first kappa shape index (κ1) is 21.4. The summed E-state index contributed by atoms with van der Waals surface area (Å²) in [5, 5.41) is 13.3. The molecular formula is C23H24N2O4S2. The highest BCUT2D eigenvalue weighted by molar-refractivity contribution is 7.68. The molecule has 0 saturated carbocycles. The smallest absolute Gasteiger partial charge is 0.337 e. The van der Waals surface area contributed by atoms with Crippen molar-refractivity contribution in [1.29, 1.82) is 0 Å². The van der Waals surface area contributed by atoms with E-state index in [9.17, 15) is 9.90 Å². The van der Waals surface area contributed by atoms with Crippen LogP contribution in [-0.4, -0.2) is 24.3 Å². The topological polar surface area (TPSA) is 80.2 Å². The standard InChI is InChI=1S/C23H24N2O4S2/c1-5-28-13-11-14-18-20(23(3,4)25-19(14)15(12-13)22(26)27)30-31-21(18)24-16-9-7-8-10-17(16)29-6-2/h7-12,25H,5-6H2,1-4H3,(H,26,27). The SMILES string of the molecule is CCOc1cc(C(=O)O)c2c(c1)-c1c(ssc1=Nc1ccccc1OCC)C(C)(C)N2. The summed E-state index contributed by atoms with van der Waals surface area (Å²) in [4.78, 5) is 18.1. The van der Waals surface area contributed by atoms with E-state index >= 15 is 0 Å². The zero-order chi connectivity index (χ0) is 22.2. The number of hydrogen-bond acceptors (Lipinski definition) is 7. The lowest BCUT2D eigenvalue weighted by Crippen LogP contribution is -2.33. The summed E-state index contributed by atoms with van der Waals surface area (Å²) in [6, 6.07) is 11.2. The van der Waals surface area contributed by atoms with E-state index in [0.717, 1.165) is 32.1 Å². The normalized spacial score (nSPS) is 14.4. The van der Waals surface area contributed by atoms with Gasteiger partial charge >= 0.3 is 5.97 Å². The highest BCUT2D eigenvalue weighted by atomic mass is 32.9. The molecule has 31 heavy (non-hydrogen) atoms. The van der Waals surface area contributed by atoms with Gasteiger partial charge in [-0.25, -0.2) is 9.79 Å². The number of nitrogens with one attached hydrogen (secondary N) is 1. The molecule has 0 amide bonds. The molecule has 8 heteroatoms. The van der Waals surface area contributed by atoms with Gasteiger partial charge in [0.05, 0.1) is 34.9 Å². The number of benzene rings is 2. The number of carboxylic acid groups (broad SMARTS) is 1. The third-order valence-corrected chi connectivity index (χ3v) is 7.60. The Morgan fingerprint density at radius 2 is 1.87 bits per heavy atom. The Bertz CT molecular complexity index is 1210. The van der Waals surface area contributed by atoms with Gasteiger partial charge in [0.2, 0.25) is 0 Å².